The van der Waals surface area contributed by atoms with Crippen molar-refractivity contribution < 1.29 is 0 Å². The molecule has 0 radical (unpaired) electrons. The van der Waals surface area contributed by atoms with Gasteiger partial charge in [-0.1, -0.05) is 24.3 Å². The van der Waals surface area contributed by atoms with Crippen molar-refractivity contribution >= 4 is 0 Å². The molecule has 0 saturated heterocycles. The molecule has 18 heavy (non-hydrogen) atoms. The van der Waals surface area contributed by atoms with Gasteiger partial charge < -0.3 is 5.73 Å². The zero-order chi connectivity index (χ0) is 12.4. The van der Waals surface area contributed by atoms with Gasteiger partial charge in [-0.25, -0.2) is 0 Å². The monoisotopic (exact) mass is 239 g/mol. The van der Waals surface area contributed by atoms with Crippen LogP contribution in [-0.4, -0.2) is 9.88 Å². The van der Waals surface area contributed by atoms with E-state index in [-0.39, 0.29) is 0 Å². The molecule has 1 aromatic heterocycles. The molecule has 2 heterocycles. The van der Waals surface area contributed by atoms with Crippen LogP contribution < -0.4 is 5.73 Å². The fourth-order valence-electron chi connectivity index (χ4n) is 2.51. The highest BCUT2D eigenvalue weighted by atomic mass is 15.1. The molecule has 0 fully saturated rings. The van der Waals surface area contributed by atoms with Gasteiger partial charge in [-0.05, 0) is 28.8 Å². The zero-order valence-electron chi connectivity index (χ0n) is 10.3. The topological polar surface area (TPSA) is 42.1 Å². The summed E-state index contributed by atoms with van der Waals surface area (Å²) in [6.07, 6.45) is 1.85. The normalized spacial score (nSPS) is 14.7. The second-order valence-corrected chi connectivity index (χ2v) is 4.77. The first kappa shape index (κ1) is 11.4. The van der Waals surface area contributed by atoms with Crippen molar-refractivity contribution in [2.45, 2.75) is 26.2 Å². The number of fused-ring (bicyclic) bond motifs is 1. The Bertz CT molecular complexity index is 526. The highest BCUT2D eigenvalue weighted by molar-refractivity contribution is 5.30. The lowest BCUT2D eigenvalue weighted by atomic mass is 10.1. The number of nitrogens with zero attached hydrogens (tertiary/aromatic N) is 2. The minimum Gasteiger partial charge on any atom is -0.325 e. The lowest BCUT2D eigenvalue weighted by molar-refractivity contribution is 0.275. The van der Waals surface area contributed by atoms with Crippen molar-refractivity contribution in [1.29, 1.82) is 0 Å². The Morgan fingerprint density at radius 1 is 1.11 bits per heavy atom. The maximum absolute atomic E-state index is 5.62. The van der Waals surface area contributed by atoms with Gasteiger partial charge in [0.1, 0.15) is 0 Å². The molecular weight excluding hydrogens is 222 g/mol. The quantitative estimate of drug-likeness (QED) is 0.891. The minimum absolute atomic E-state index is 0.508. The minimum atomic E-state index is 0.508. The van der Waals surface area contributed by atoms with Crippen LogP contribution in [-0.2, 0) is 26.2 Å². The summed E-state index contributed by atoms with van der Waals surface area (Å²) in [5, 5.41) is 0. The standard InChI is InChI=1S/C15H17N3/c16-8-15-7-12(5-6-17-15)9-18-10-13-3-1-2-4-14(13)11-18/h1-7H,8-11,16H2. The van der Waals surface area contributed by atoms with Crippen LogP contribution in [0, 0.1) is 0 Å². The Morgan fingerprint density at radius 3 is 2.50 bits per heavy atom. The number of hydrogen-bond donors (Lipinski definition) is 1. The lowest BCUT2D eigenvalue weighted by Gasteiger charge is -2.15. The van der Waals surface area contributed by atoms with Crippen molar-refractivity contribution in [3.8, 4) is 0 Å². The van der Waals surface area contributed by atoms with E-state index in [4.69, 9.17) is 5.73 Å². The lowest BCUT2D eigenvalue weighted by Crippen LogP contribution is -2.16. The Kier molecular flexibility index (Phi) is 3.09. The Balaban J connectivity index is 1.72. The predicted molar refractivity (Wildman–Crippen MR) is 71.5 cm³/mol. The van der Waals surface area contributed by atoms with E-state index in [1.807, 2.05) is 6.20 Å². The van der Waals surface area contributed by atoms with E-state index in [2.05, 4.69) is 46.3 Å². The third kappa shape index (κ3) is 2.28. The molecule has 2 N–H and O–H groups in total. The number of nitrogens with two attached hydrogens (primary N) is 1. The summed E-state index contributed by atoms with van der Waals surface area (Å²) >= 11 is 0. The number of aromatic nitrogens is 1. The molecule has 1 aliphatic rings. The summed E-state index contributed by atoms with van der Waals surface area (Å²) < 4.78 is 0. The Morgan fingerprint density at radius 2 is 1.83 bits per heavy atom. The zero-order valence-corrected chi connectivity index (χ0v) is 10.3. The highest BCUT2D eigenvalue weighted by Gasteiger charge is 2.17. The maximum Gasteiger partial charge on any atom is 0.0542 e. The van der Waals surface area contributed by atoms with Gasteiger partial charge in [-0.3, -0.25) is 9.88 Å². The van der Waals surface area contributed by atoms with Gasteiger partial charge >= 0.3 is 0 Å². The van der Waals surface area contributed by atoms with E-state index in [0.717, 1.165) is 25.3 Å². The van der Waals surface area contributed by atoms with Crippen molar-refractivity contribution in [1.82, 2.24) is 9.88 Å². The molecule has 0 atom stereocenters. The highest BCUT2D eigenvalue weighted by Crippen LogP contribution is 2.23. The van der Waals surface area contributed by atoms with Crippen molar-refractivity contribution in [3.63, 3.8) is 0 Å². The third-order valence-corrected chi connectivity index (χ3v) is 3.40. The van der Waals surface area contributed by atoms with Crippen LogP contribution in [0.1, 0.15) is 22.4 Å². The average Bonchev–Trinajstić information content (AvgIpc) is 2.81. The van der Waals surface area contributed by atoms with E-state index < -0.39 is 0 Å². The number of hydrogen-bond acceptors (Lipinski definition) is 3. The molecular formula is C15H17N3. The van der Waals surface area contributed by atoms with Crippen LogP contribution in [0.5, 0.6) is 0 Å². The van der Waals surface area contributed by atoms with E-state index in [9.17, 15) is 0 Å². The van der Waals surface area contributed by atoms with Gasteiger partial charge in [0.15, 0.2) is 0 Å². The summed E-state index contributed by atoms with van der Waals surface area (Å²) in [4.78, 5) is 6.67. The van der Waals surface area contributed by atoms with Gasteiger partial charge in [0.25, 0.3) is 0 Å². The maximum atomic E-state index is 5.62. The molecule has 0 unspecified atom stereocenters. The first-order valence-corrected chi connectivity index (χ1v) is 6.28. The first-order chi connectivity index (χ1) is 8.85. The smallest absolute Gasteiger partial charge is 0.0542 e. The number of benzene rings is 1. The predicted octanol–water partition coefficient (Wildman–Crippen LogP) is 2.06. The third-order valence-electron chi connectivity index (χ3n) is 3.40. The number of rotatable bonds is 3. The second-order valence-electron chi connectivity index (χ2n) is 4.77. The molecule has 3 rings (SSSR count). The molecule has 3 nitrogen and oxygen atoms in total. The van der Waals surface area contributed by atoms with Gasteiger partial charge in [0, 0.05) is 32.4 Å². The van der Waals surface area contributed by atoms with Crippen molar-refractivity contribution in [3.05, 3.63) is 65.0 Å². The molecule has 3 heteroatoms. The summed E-state index contributed by atoms with van der Waals surface area (Å²) in [5.74, 6) is 0. The molecule has 2 aromatic rings. The van der Waals surface area contributed by atoms with Crippen molar-refractivity contribution in [2.75, 3.05) is 0 Å². The van der Waals surface area contributed by atoms with E-state index in [1.165, 1.54) is 16.7 Å². The fraction of sp³-hybridized carbons (Fsp3) is 0.267. The average molecular weight is 239 g/mol. The van der Waals surface area contributed by atoms with E-state index >= 15 is 0 Å². The molecule has 0 amide bonds. The fourth-order valence-corrected chi connectivity index (χ4v) is 2.51. The summed E-state index contributed by atoms with van der Waals surface area (Å²) in [7, 11) is 0. The van der Waals surface area contributed by atoms with Crippen LogP contribution >= 0.6 is 0 Å². The number of pyridine rings is 1. The van der Waals surface area contributed by atoms with E-state index in [1.54, 1.807) is 0 Å². The summed E-state index contributed by atoms with van der Waals surface area (Å²) in [6.45, 7) is 3.55. The van der Waals surface area contributed by atoms with Gasteiger partial charge in [-0.15, -0.1) is 0 Å². The van der Waals surface area contributed by atoms with Crippen LogP contribution in [0.4, 0.5) is 0 Å². The van der Waals surface area contributed by atoms with Crippen molar-refractivity contribution in [2.24, 2.45) is 5.73 Å². The summed E-state index contributed by atoms with van der Waals surface area (Å²) in [6, 6.07) is 12.8. The van der Waals surface area contributed by atoms with Crippen LogP contribution in [0.3, 0.4) is 0 Å². The molecule has 0 bridgehead atoms. The largest absolute Gasteiger partial charge is 0.325 e. The molecule has 0 aliphatic carbocycles. The Labute approximate surface area is 107 Å². The van der Waals surface area contributed by atoms with Crippen LogP contribution in [0.15, 0.2) is 42.6 Å². The van der Waals surface area contributed by atoms with Crippen LogP contribution in [0.2, 0.25) is 0 Å². The van der Waals surface area contributed by atoms with Gasteiger partial charge in [0.2, 0.25) is 0 Å². The molecule has 0 saturated carbocycles. The van der Waals surface area contributed by atoms with E-state index in [0.29, 0.717) is 6.54 Å². The van der Waals surface area contributed by atoms with Gasteiger partial charge in [0.05, 0.1) is 5.69 Å². The summed E-state index contributed by atoms with van der Waals surface area (Å²) in [5.41, 5.74) is 10.8. The molecule has 1 aromatic carbocycles. The molecule has 1 aliphatic heterocycles. The molecule has 0 spiro atoms. The SMILES string of the molecule is NCc1cc(CN2Cc3ccccc3C2)ccn1. The Hall–Kier alpha value is -1.71. The van der Waals surface area contributed by atoms with Gasteiger partial charge in [-0.2, -0.15) is 0 Å². The second kappa shape index (κ2) is 4.88. The molecule has 92 valence electrons. The first-order valence-electron chi connectivity index (χ1n) is 6.28. The van der Waals surface area contributed by atoms with Crippen LogP contribution in [0.25, 0.3) is 0 Å².